The summed E-state index contributed by atoms with van der Waals surface area (Å²) in [6, 6.07) is 18.8. The van der Waals surface area contributed by atoms with Crippen molar-refractivity contribution in [1.29, 1.82) is 0 Å². The second-order valence-corrected chi connectivity index (χ2v) is 8.83. The highest BCUT2D eigenvalue weighted by Gasteiger charge is 2.25. The van der Waals surface area contributed by atoms with E-state index in [1.807, 2.05) is 66.1 Å². The number of aryl methyl sites for hydroxylation is 1. The summed E-state index contributed by atoms with van der Waals surface area (Å²) in [7, 11) is 1.61. The summed E-state index contributed by atoms with van der Waals surface area (Å²) in [6.07, 6.45) is -0.420. The molecule has 4 aromatic rings. The van der Waals surface area contributed by atoms with Crippen LogP contribution in [-0.4, -0.2) is 38.2 Å². The Morgan fingerprint density at radius 1 is 1.06 bits per heavy atom. The van der Waals surface area contributed by atoms with Crippen LogP contribution in [0.15, 0.2) is 70.3 Å². The average molecular weight is 480 g/mol. The number of carbonyl (C=O) groups is 1. The SMILES string of the molecule is COc1cccc(OC(C)c2nnc(SC(C)C(=O)Nc3cc(C)on3)n2-c2ccccc2)c1. The fourth-order valence-corrected chi connectivity index (χ4v) is 4.11. The van der Waals surface area contributed by atoms with Gasteiger partial charge in [-0.15, -0.1) is 10.2 Å². The van der Waals surface area contributed by atoms with Gasteiger partial charge in [0.05, 0.1) is 12.4 Å². The van der Waals surface area contributed by atoms with Crippen LogP contribution in [0.5, 0.6) is 11.5 Å². The number of hydrogen-bond acceptors (Lipinski definition) is 8. The van der Waals surface area contributed by atoms with Crippen LogP contribution in [0.1, 0.15) is 31.5 Å². The largest absolute Gasteiger partial charge is 0.497 e. The van der Waals surface area contributed by atoms with Crippen molar-refractivity contribution in [3.63, 3.8) is 0 Å². The lowest BCUT2D eigenvalue weighted by Gasteiger charge is -2.17. The van der Waals surface area contributed by atoms with E-state index in [2.05, 4.69) is 20.7 Å². The molecule has 0 fully saturated rings. The standard InChI is InChI=1S/C24H25N5O4S/c1-15-13-21(28-33-15)25-23(30)17(3)34-24-27-26-22(29(24)18-9-6-5-7-10-18)16(2)32-20-12-8-11-19(14-20)31-4/h5-14,16-17H,1-4H3,(H,25,28,30). The molecule has 34 heavy (non-hydrogen) atoms. The Bertz CT molecular complexity index is 1260. The van der Waals surface area contributed by atoms with Gasteiger partial charge in [0.15, 0.2) is 22.9 Å². The van der Waals surface area contributed by atoms with Gasteiger partial charge in [0, 0.05) is 17.8 Å². The van der Waals surface area contributed by atoms with Gasteiger partial charge >= 0.3 is 0 Å². The Morgan fingerprint density at radius 2 is 1.82 bits per heavy atom. The summed E-state index contributed by atoms with van der Waals surface area (Å²) in [5.74, 6) is 2.74. The van der Waals surface area contributed by atoms with Gasteiger partial charge in [-0.3, -0.25) is 9.36 Å². The maximum atomic E-state index is 12.7. The first-order valence-corrected chi connectivity index (χ1v) is 11.5. The van der Waals surface area contributed by atoms with Crippen LogP contribution < -0.4 is 14.8 Å². The maximum Gasteiger partial charge on any atom is 0.238 e. The van der Waals surface area contributed by atoms with Gasteiger partial charge in [0.1, 0.15) is 17.3 Å². The molecule has 2 heterocycles. The molecule has 0 radical (unpaired) electrons. The number of nitrogens with one attached hydrogen (secondary N) is 1. The predicted molar refractivity (Wildman–Crippen MR) is 129 cm³/mol. The molecule has 0 spiro atoms. The third-order valence-corrected chi connectivity index (χ3v) is 5.96. The highest BCUT2D eigenvalue weighted by molar-refractivity contribution is 8.00. The molecule has 2 aromatic carbocycles. The van der Waals surface area contributed by atoms with E-state index in [9.17, 15) is 4.79 Å². The number of nitrogens with zero attached hydrogens (tertiary/aromatic N) is 4. The molecule has 176 valence electrons. The fraction of sp³-hybridized carbons (Fsp3) is 0.250. The monoisotopic (exact) mass is 479 g/mol. The van der Waals surface area contributed by atoms with Gasteiger partial charge in [0.2, 0.25) is 5.91 Å². The van der Waals surface area contributed by atoms with Crippen LogP contribution in [0.4, 0.5) is 5.82 Å². The van der Waals surface area contributed by atoms with Gasteiger partial charge in [-0.1, -0.05) is 41.2 Å². The topological polar surface area (TPSA) is 104 Å². The molecule has 0 aliphatic rings. The van der Waals surface area contributed by atoms with E-state index in [-0.39, 0.29) is 5.91 Å². The van der Waals surface area contributed by atoms with E-state index in [1.54, 1.807) is 27.0 Å². The number of methoxy groups -OCH3 is 1. The molecule has 2 aromatic heterocycles. The average Bonchev–Trinajstić information content (AvgIpc) is 3.45. The molecule has 9 nitrogen and oxygen atoms in total. The highest BCUT2D eigenvalue weighted by Crippen LogP contribution is 2.31. The molecule has 4 rings (SSSR count). The van der Waals surface area contributed by atoms with Crippen LogP contribution in [-0.2, 0) is 4.79 Å². The van der Waals surface area contributed by atoms with E-state index < -0.39 is 11.4 Å². The molecular formula is C24H25N5O4S. The van der Waals surface area contributed by atoms with Crippen LogP contribution >= 0.6 is 11.8 Å². The number of benzene rings is 2. The molecule has 1 amide bonds. The molecule has 0 saturated heterocycles. The molecule has 2 unspecified atom stereocenters. The van der Waals surface area contributed by atoms with E-state index in [4.69, 9.17) is 14.0 Å². The van der Waals surface area contributed by atoms with Crippen LogP contribution in [0.3, 0.4) is 0 Å². The predicted octanol–water partition coefficient (Wildman–Crippen LogP) is 4.83. The van der Waals surface area contributed by atoms with E-state index in [0.29, 0.717) is 34.1 Å². The zero-order chi connectivity index (χ0) is 24.1. The number of anilines is 1. The summed E-state index contributed by atoms with van der Waals surface area (Å²) < 4.78 is 18.3. The lowest BCUT2D eigenvalue weighted by molar-refractivity contribution is -0.115. The summed E-state index contributed by atoms with van der Waals surface area (Å²) in [6.45, 7) is 5.46. The van der Waals surface area contributed by atoms with E-state index in [0.717, 1.165) is 5.69 Å². The molecule has 1 N–H and O–H groups in total. The lowest BCUT2D eigenvalue weighted by atomic mass is 10.3. The summed E-state index contributed by atoms with van der Waals surface area (Å²) in [5.41, 5.74) is 0.867. The van der Waals surface area contributed by atoms with Crippen molar-refractivity contribution in [2.75, 3.05) is 12.4 Å². The number of hydrogen-bond donors (Lipinski definition) is 1. The minimum Gasteiger partial charge on any atom is -0.497 e. The van der Waals surface area contributed by atoms with Crippen molar-refractivity contribution in [2.24, 2.45) is 0 Å². The van der Waals surface area contributed by atoms with Crippen molar-refractivity contribution in [3.8, 4) is 17.2 Å². The Labute approximate surface area is 201 Å². The third-order valence-electron chi connectivity index (χ3n) is 4.92. The molecule has 0 aliphatic heterocycles. The van der Waals surface area contributed by atoms with Crippen molar-refractivity contribution in [1.82, 2.24) is 19.9 Å². The van der Waals surface area contributed by atoms with Crippen LogP contribution in [0.25, 0.3) is 5.69 Å². The molecule has 0 aliphatic carbocycles. The number of aromatic nitrogens is 4. The quantitative estimate of drug-likeness (QED) is 0.340. The van der Waals surface area contributed by atoms with Gasteiger partial charge in [-0.05, 0) is 45.0 Å². The minimum atomic E-state index is -0.467. The Kier molecular flexibility index (Phi) is 7.17. The van der Waals surface area contributed by atoms with E-state index in [1.165, 1.54) is 11.8 Å². The number of rotatable bonds is 9. The van der Waals surface area contributed by atoms with Crippen molar-refractivity contribution >= 4 is 23.5 Å². The van der Waals surface area contributed by atoms with Gasteiger partial charge in [0.25, 0.3) is 0 Å². The zero-order valence-electron chi connectivity index (χ0n) is 19.3. The molecule has 10 heteroatoms. The second kappa shape index (κ2) is 10.4. The van der Waals surface area contributed by atoms with Crippen LogP contribution in [0, 0.1) is 6.92 Å². The minimum absolute atomic E-state index is 0.219. The first-order chi connectivity index (χ1) is 16.4. The fourth-order valence-electron chi connectivity index (χ4n) is 3.24. The number of carbonyl (C=O) groups excluding carboxylic acids is 1. The Hall–Kier alpha value is -3.79. The molecular weight excluding hydrogens is 454 g/mol. The summed E-state index contributed by atoms with van der Waals surface area (Å²) in [5, 5.41) is 15.5. The molecule has 0 saturated carbocycles. The van der Waals surface area contributed by atoms with Gasteiger partial charge in [-0.2, -0.15) is 0 Å². The number of ether oxygens (including phenoxy) is 2. The van der Waals surface area contributed by atoms with E-state index >= 15 is 0 Å². The van der Waals surface area contributed by atoms with Crippen molar-refractivity contribution < 1.29 is 18.8 Å². The van der Waals surface area contributed by atoms with Gasteiger partial charge in [-0.25, -0.2) is 0 Å². The normalized spacial score (nSPS) is 12.7. The molecule has 2 atom stereocenters. The van der Waals surface area contributed by atoms with Crippen molar-refractivity contribution in [3.05, 3.63) is 72.2 Å². The number of amides is 1. The lowest BCUT2D eigenvalue weighted by Crippen LogP contribution is -2.23. The maximum absolute atomic E-state index is 12.7. The zero-order valence-corrected chi connectivity index (χ0v) is 20.1. The smallest absolute Gasteiger partial charge is 0.238 e. The second-order valence-electron chi connectivity index (χ2n) is 7.52. The number of para-hydroxylation sites is 1. The highest BCUT2D eigenvalue weighted by atomic mass is 32.2. The third kappa shape index (κ3) is 5.40. The van der Waals surface area contributed by atoms with Crippen molar-refractivity contribution in [2.45, 2.75) is 37.3 Å². The molecule has 0 bridgehead atoms. The summed E-state index contributed by atoms with van der Waals surface area (Å²) in [4.78, 5) is 12.7. The Morgan fingerprint density at radius 3 is 2.53 bits per heavy atom. The first-order valence-electron chi connectivity index (χ1n) is 10.7. The summed E-state index contributed by atoms with van der Waals surface area (Å²) >= 11 is 1.29. The first kappa shape index (κ1) is 23.4. The van der Waals surface area contributed by atoms with Gasteiger partial charge < -0.3 is 19.3 Å². The number of thioether (sulfide) groups is 1. The Balaban J connectivity index is 1.58. The van der Waals surface area contributed by atoms with Crippen LogP contribution in [0.2, 0.25) is 0 Å².